The zero-order chi connectivity index (χ0) is 21.1. The van der Waals surface area contributed by atoms with Gasteiger partial charge in [-0.05, 0) is 66.0 Å². The second-order valence-corrected chi connectivity index (χ2v) is 6.74. The number of benzene rings is 3. The van der Waals surface area contributed by atoms with Gasteiger partial charge in [-0.15, -0.1) is 0 Å². The Hall–Kier alpha value is -3.86. The number of carbonyl (C=O) groups is 1. The van der Waals surface area contributed by atoms with Gasteiger partial charge in [0.15, 0.2) is 0 Å². The van der Waals surface area contributed by atoms with E-state index in [0.717, 1.165) is 44.8 Å². The number of aromatic nitrogens is 1. The Labute approximate surface area is 174 Å². The molecule has 4 aromatic rings. The molecule has 5 heteroatoms. The van der Waals surface area contributed by atoms with E-state index in [1.807, 2.05) is 60.7 Å². The third-order valence-corrected chi connectivity index (χ3v) is 5.00. The number of carbonyl (C=O) groups excluding carboxylic acids is 1. The summed E-state index contributed by atoms with van der Waals surface area (Å²) in [4.78, 5) is 16.7. The molecule has 1 aromatic heterocycles. The summed E-state index contributed by atoms with van der Waals surface area (Å²) in [5, 5.41) is 2.04. The fourth-order valence-electron chi connectivity index (χ4n) is 3.37. The highest BCUT2D eigenvalue weighted by Crippen LogP contribution is 2.34. The van der Waals surface area contributed by atoms with Crippen molar-refractivity contribution in [3.05, 3.63) is 78.4 Å². The van der Waals surface area contributed by atoms with Crippen LogP contribution in [-0.4, -0.2) is 32.3 Å². The van der Waals surface area contributed by atoms with Crippen LogP contribution >= 0.6 is 0 Å². The molecule has 4 rings (SSSR count). The van der Waals surface area contributed by atoms with Gasteiger partial charge in [0.05, 0.1) is 38.3 Å². The first kappa shape index (κ1) is 19.5. The van der Waals surface area contributed by atoms with Crippen molar-refractivity contribution in [3.63, 3.8) is 0 Å². The summed E-state index contributed by atoms with van der Waals surface area (Å²) >= 11 is 0. The van der Waals surface area contributed by atoms with Crippen LogP contribution in [0, 0.1) is 0 Å². The molecule has 0 aliphatic rings. The van der Waals surface area contributed by atoms with Crippen LogP contribution in [-0.2, 0) is 4.74 Å². The smallest absolute Gasteiger partial charge is 0.337 e. The number of nitrogens with zero attached hydrogens (tertiary/aromatic N) is 1. The molecule has 30 heavy (non-hydrogen) atoms. The molecule has 150 valence electrons. The summed E-state index contributed by atoms with van der Waals surface area (Å²) in [6.45, 7) is 0. The molecule has 0 atom stereocenters. The predicted octanol–water partition coefficient (Wildman–Crippen LogP) is 5.37. The molecule has 0 spiro atoms. The summed E-state index contributed by atoms with van der Waals surface area (Å²) in [5.74, 6) is 1.21. The van der Waals surface area contributed by atoms with Gasteiger partial charge in [0.1, 0.15) is 11.5 Å². The Balaban J connectivity index is 1.88. The molecular formula is C25H21NO4. The van der Waals surface area contributed by atoms with Gasteiger partial charge < -0.3 is 14.2 Å². The molecule has 0 radical (unpaired) electrons. The monoisotopic (exact) mass is 399 g/mol. The van der Waals surface area contributed by atoms with E-state index < -0.39 is 0 Å². The average molecular weight is 399 g/mol. The number of methoxy groups -OCH3 is 3. The number of pyridine rings is 1. The van der Waals surface area contributed by atoms with E-state index in [-0.39, 0.29) is 5.97 Å². The molecule has 3 aromatic carbocycles. The van der Waals surface area contributed by atoms with Gasteiger partial charge in [-0.1, -0.05) is 12.1 Å². The van der Waals surface area contributed by atoms with Crippen LogP contribution in [0.4, 0.5) is 0 Å². The zero-order valence-electron chi connectivity index (χ0n) is 17.0. The number of fused-ring (bicyclic) bond motifs is 1. The maximum absolute atomic E-state index is 11.7. The standard InChI is InChI=1S/C25H21NO4/c1-28-20-10-8-17(9-11-20)24-22-13-12-21(29-2)14-19(22)15-23(26-24)16-4-6-18(7-5-16)25(27)30-3/h4-15H,1-3H3. The zero-order valence-corrected chi connectivity index (χ0v) is 17.0. The lowest BCUT2D eigenvalue weighted by Gasteiger charge is -2.12. The SMILES string of the molecule is COC(=O)c1ccc(-c2cc3cc(OC)ccc3c(-c3ccc(OC)cc3)n2)cc1. The summed E-state index contributed by atoms with van der Waals surface area (Å²) in [6, 6.07) is 23.0. The van der Waals surface area contributed by atoms with E-state index >= 15 is 0 Å². The molecule has 5 nitrogen and oxygen atoms in total. The van der Waals surface area contributed by atoms with Gasteiger partial charge in [0.25, 0.3) is 0 Å². The number of hydrogen-bond donors (Lipinski definition) is 0. The maximum atomic E-state index is 11.7. The molecule has 0 N–H and O–H groups in total. The van der Waals surface area contributed by atoms with Gasteiger partial charge in [-0.3, -0.25) is 0 Å². The summed E-state index contributed by atoms with van der Waals surface area (Å²) in [6.07, 6.45) is 0. The Morgan fingerprint density at radius 3 is 2.00 bits per heavy atom. The van der Waals surface area contributed by atoms with Gasteiger partial charge >= 0.3 is 5.97 Å². The summed E-state index contributed by atoms with van der Waals surface area (Å²) in [7, 11) is 4.67. The van der Waals surface area contributed by atoms with Crippen LogP contribution in [0.25, 0.3) is 33.3 Å². The highest BCUT2D eigenvalue weighted by atomic mass is 16.5. The van der Waals surface area contributed by atoms with Crippen molar-refractivity contribution in [1.82, 2.24) is 4.98 Å². The minimum absolute atomic E-state index is 0.364. The molecule has 0 amide bonds. The van der Waals surface area contributed by atoms with E-state index in [4.69, 9.17) is 19.2 Å². The van der Waals surface area contributed by atoms with E-state index in [1.54, 1.807) is 26.4 Å². The molecular weight excluding hydrogens is 378 g/mol. The highest BCUT2D eigenvalue weighted by Gasteiger charge is 2.12. The van der Waals surface area contributed by atoms with Gasteiger partial charge in [-0.25, -0.2) is 9.78 Å². The number of ether oxygens (including phenoxy) is 3. The maximum Gasteiger partial charge on any atom is 0.337 e. The largest absolute Gasteiger partial charge is 0.497 e. The average Bonchev–Trinajstić information content (AvgIpc) is 2.82. The summed E-state index contributed by atoms with van der Waals surface area (Å²) in [5.41, 5.74) is 4.06. The third kappa shape index (κ3) is 3.70. The lowest BCUT2D eigenvalue weighted by atomic mass is 10.00. The van der Waals surface area contributed by atoms with Crippen molar-refractivity contribution in [3.8, 4) is 34.0 Å². The van der Waals surface area contributed by atoms with Crippen molar-refractivity contribution < 1.29 is 19.0 Å². The van der Waals surface area contributed by atoms with Gasteiger partial charge in [0.2, 0.25) is 0 Å². The van der Waals surface area contributed by atoms with E-state index in [2.05, 4.69) is 0 Å². The normalized spacial score (nSPS) is 10.6. The van der Waals surface area contributed by atoms with Crippen LogP contribution in [0.2, 0.25) is 0 Å². The van der Waals surface area contributed by atoms with E-state index in [1.165, 1.54) is 7.11 Å². The first-order chi connectivity index (χ1) is 14.6. The van der Waals surface area contributed by atoms with E-state index in [0.29, 0.717) is 5.56 Å². The number of esters is 1. The van der Waals surface area contributed by atoms with Crippen molar-refractivity contribution >= 4 is 16.7 Å². The number of hydrogen-bond acceptors (Lipinski definition) is 5. The lowest BCUT2D eigenvalue weighted by molar-refractivity contribution is 0.0600. The Bertz CT molecular complexity index is 1200. The third-order valence-electron chi connectivity index (χ3n) is 5.00. The summed E-state index contributed by atoms with van der Waals surface area (Å²) < 4.78 is 15.5. The highest BCUT2D eigenvalue weighted by molar-refractivity contribution is 5.98. The van der Waals surface area contributed by atoms with Crippen LogP contribution in [0.15, 0.2) is 72.8 Å². The molecule has 0 saturated heterocycles. The minimum Gasteiger partial charge on any atom is -0.497 e. The van der Waals surface area contributed by atoms with Crippen molar-refractivity contribution in [2.24, 2.45) is 0 Å². The first-order valence-electron chi connectivity index (χ1n) is 9.45. The number of rotatable bonds is 5. The van der Waals surface area contributed by atoms with Crippen LogP contribution in [0.1, 0.15) is 10.4 Å². The molecule has 1 heterocycles. The first-order valence-corrected chi connectivity index (χ1v) is 9.45. The molecule has 0 unspecified atom stereocenters. The van der Waals surface area contributed by atoms with Crippen LogP contribution < -0.4 is 9.47 Å². The van der Waals surface area contributed by atoms with Crippen molar-refractivity contribution in [2.75, 3.05) is 21.3 Å². The Morgan fingerprint density at radius 2 is 1.37 bits per heavy atom. The lowest BCUT2D eigenvalue weighted by Crippen LogP contribution is -2.00. The van der Waals surface area contributed by atoms with Gasteiger partial charge in [0, 0.05) is 16.5 Å². The fourth-order valence-corrected chi connectivity index (χ4v) is 3.37. The molecule has 0 aliphatic carbocycles. The topological polar surface area (TPSA) is 57.7 Å². The molecule has 0 saturated carbocycles. The van der Waals surface area contributed by atoms with E-state index in [9.17, 15) is 4.79 Å². The Morgan fingerprint density at radius 1 is 0.733 bits per heavy atom. The van der Waals surface area contributed by atoms with Gasteiger partial charge in [-0.2, -0.15) is 0 Å². The predicted molar refractivity (Wildman–Crippen MR) is 117 cm³/mol. The molecule has 0 aliphatic heterocycles. The second kappa shape index (κ2) is 8.25. The van der Waals surface area contributed by atoms with Crippen LogP contribution in [0.3, 0.4) is 0 Å². The second-order valence-electron chi connectivity index (χ2n) is 6.74. The van der Waals surface area contributed by atoms with Crippen molar-refractivity contribution in [1.29, 1.82) is 0 Å². The quantitative estimate of drug-likeness (QED) is 0.422. The Kier molecular flexibility index (Phi) is 5.35. The van der Waals surface area contributed by atoms with Crippen molar-refractivity contribution in [2.45, 2.75) is 0 Å². The van der Waals surface area contributed by atoms with Crippen LogP contribution in [0.5, 0.6) is 11.5 Å². The molecule has 0 bridgehead atoms. The fraction of sp³-hybridized carbons (Fsp3) is 0.120. The molecule has 0 fully saturated rings. The minimum atomic E-state index is -0.364.